The Labute approximate surface area is 58.4 Å². The molecule has 0 radical (unpaired) electrons. The third-order valence-corrected chi connectivity index (χ3v) is 0.898. The molecule has 1 fully saturated rings. The molecule has 1 unspecified atom stereocenters. The van der Waals surface area contributed by atoms with Crippen molar-refractivity contribution in [2.75, 3.05) is 6.61 Å². The van der Waals surface area contributed by atoms with Crippen molar-refractivity contribution in [3.05, 3.63) is 12.3 Å². The fraction of sp³-hybridized carbons (Fsp3) is 0.500. The van der Waals surface area contributed by atoms with Gasteiger partial charge in [0.1, 0.15) is 0 Å². The van der Waals surface area contributed by atoms with Crippen LogP contribution in [0, 0.1) is 0 Å². The molecule has 1 saturated heterocycles. The van der Waals surface area contributed by atoms with Gasteiger partial charge in [0, 0.05) is 0 Å². The van der Waals surface area contributed by atoms with E-state index in [4.69, 9.17) is 4.74 Å². The Morgan fingerprint density at radius 3 is 3.00 bits per heavy atom. The van der Waals surface area contributed by atoms with Gasteiger partial charge in [-0.1, -0.05) is 6.58 Å². The minimum Gasteiger partial charge on any atom is -0.456 e. The Kier molecular flexibility index (Phi) is 1.80. The summed E-state index contributed by atoms with van der Waals surface area (Å²) in [6.07, 6.45) is -1.30. The topological polar surface area (TPSA) is 44.8 Å². The summed E-state index contributed by atoms with van der Waals surface area (Å²) in [4.78, 5) is 10.3. The molecule has 0 bridgehead atoms. The number of allylic oxidation sites excluding steroid dienone is 1. The van der Waals surface area contributed by atoms with Crippen LogP contribution < -0.4 is 0 Å². The Hall–Kier alpha value is -1.19. The molecule has 4 heteroatoms. The summed E-state index contributed by atoms with van der Waals surface area (Å²) in [5, 5.41) is 0. The minimum absolute atomic E-state index is 0.145. The SMILES string of the molecule is C=C(C)OC1COC(=O)O1. The van der Waals surface area contributed by atoms with Crippen LogP contribution in [0.2, 0.25) is 0 Å². The van der Waals surface area contributed by atoms with E-state index in [2.05, 4.69) is 16.1 Å². The lowest BCUT2D eigenvalue weighted by atomic mass is 10.6. The van der Waals surface area contributed by atoms with Gasteiger partial charge in [0.25, 0.3) is 6.29 Å². The Balaban J connectivity index is 2.31. The highest BCUT2D eigenvalue weighted by molar-refractivity contribution is 5.61. The summed E-state index contributed by atoms with van der Waals surface area (Å²) in [6, 6.07) is 0. The number of carbonyl (C=O) groups excluding carboxylic acids is 1. The van der Waals surface area contributed by atoms with Gasteiger partial charge < -0.3 is 14.2 Å². The van der Waals surface area contributed by atoms with Crippen LogP contribution in [0.15, 0.2) is 12.3 Å². The smallest absolute Gasteiger partial charge is 0.456 e. The molecule has 1 rings (SSSR count). The molecule has 0 aromatic rings. The van der Waals surface area contributed by atoms with Crippen LogP contribution in [0.4, 0.5) is 4.79 Å². The van der Waals surface area contributed by atoms with Crippen LogP contribution in [0.3, 0.4) is 0 Å². The van der Waals surface area contributed by atoms with Gasteiger partial charge in [0.05, 0.1) is 5.76 Å². The van der Waals surface area contributed by atoms with Crippen LogP contribution in [0.25, 0.3) is 0 Å². The highest BCUT2D eigenvalue weighted by Gasteiger charge is 2.25. The summed E-state index contributed by atoms with van der Waals surface area (Å²) in [7, 11) is 0. The number of ether oxygens (including phenoxy) is 3. The van der Waals surface area contributed by atoms with Crippen LogP contribution in [0.5, 0.6) is 0 Å². The van der Waals surface area contributed by atoms with Crippen LogP contribution >= 0.6 is 0 Å². The number of rotatable bonds is 2. The first-order valence-electron chi connectivity index (χ1n) is 2.84. The van der Waals surface area contributed by atoms with E-state index in [1.165, 1.54) is 0 Å². The van der Waals surface area contributed by atoms with Crippen molar-refractivity contribution in [1.29, 1.82) is 0 Å². The molecule has 1 aliphatic heterocycles. The lowest BCUT2D eigenvalue weighted by Gasteiger charge is -2.07. The Morgan fingerprint density at radius 1 is 1.90 bits per heavy atom. The van der Waals surface area contributed by atoms with E-state index in [9.17, 15) is 4.79 Å². The minimum atomic E-state index is -0.689. The van der Waals surface area contributed by atoms with Gasteiger partial charge in [-0.05, 0) is 6.92 Å². The van der Waals surface area contributed by atoms with E-state index in [0.717, 1.165) is 0 Å². The van der Waals surface area contributed by atoms with Gasteiger partial charge in [-0.25, -0.2) is 4.79 Å². The zero-order valence-corrected chi connectivity index (χ0v) is 5.62. The number of carbonyl (C=O) groups is 1. The molecule has 0 saturated carbocycles. The molecule has 0 aromatic heterocycles. The molecule has 0 amide bonds. The van der Waals surface area contributed by atoms with Crippen molar-refractivity contribution >= 4 is 6.16 Å². The first-order chi connectivity index (χ1) is 4.68. The maximum Gasteiger partial charge on any atom is 0.511 e. The van der Waals surface area contributed by atoms with Gasteiger partial charge in [-0.2, -0.15) is 0 Å². The van der Waals surface area contributed by atoms with Crippen molar-refractivity contribution < 1.29 is 19.0 Å². The normalized spacial score (nSPS) is 23.3. The molecular weight excluding hydrogens is 136 g/mol. The molecule has 0 aromatic carbocycles. The predicted octanol–water partition coefficient (Wildman–Crippen LogP) is 1.03. The fourth-order valence-corrected chi connectivity index (χ4v) is 0.594. The van der Waals surface area contributed by atoms with Crippen molar-refractivity contribution in [2.24, 2.45) is 0 Å². The van der Waals surface area contributed by atoms with Crippen LogP contribution in [0.1, 0.15) is 6.92 Å². The molecule has 10 heavy (non-hydrogen) atoms. The standard InChI is InChI=1S/C6H8O4/c1-4(2)9-5-3-8-6(7)10-5/h5H,1,3H2,2H3. The predicted molar refractivity (Wildman–Crippen MR) is 32.1 cm³/mol. The quantitative estimate of drug-likeness (QED) is 0.429. The van der Waals surface area contributed by atoms with Crippen molar-refractivity contribution in [3.8, 4) is 0 Å². The highest BCUT2D eigenvalue weighted by atomic mass is 16.8. The lowest BCUT2D eigenvalue weighted by molar-refractivity contribution is -0.0406. The number of hydrogen-bond donors (Lipinski definition) is 0. The van der Waals surface area contributed by atoms with Gasteiger partial charge >= 0.3 is 6.16 Å². The van der Waals surface area contributed by atoms with E-state index in [-0.39, 0.29) is 6.61 Å². The number of cyclic esters (lactones) is 2. The zero-order chi connectivity index (χ0) is 7.56. The summed E-state index contributed by atoms with van der Waals surface area (Å²) >= 11 is 0. The Bertz CT molecular complexity index is 163. The first kappa shape index (κ1) is 6.92. The largest absolute Gasteiger partial charge is 0.511 e. The van der Waals surface area contributed by atoms with E-state index < -0.39 is 12.4 Å². The second-order valence-electron chi connectivity index (χ2n) is 1.93. The molecule has 4 nitrogen and oxygen atoms in total. The summed E-state index contributed by atoms with van der Waals surface area (Å²) in [5.41, 5.74) is 0. The highest BCUT2D eigenvalue weighted by Crippen LogP contribution is 2.09. The second kappa shape index (κ2) is 2.60. The average molecular weight is 144 g/mol. The third kappa shape index (κ3) is 1.65. The van der Waals surface area contributed by atoms with E-state index >= 15 is 0 Å². The molecule has 56 valence electrons. The molecule has 1 atom stereocenters. The van der Waals surface area contributed by atoms with Gasteiger partial charge in [-0.3, -0.25) is 0 Å². The molecule has 1 aliphatic rings. The second-order valence-corrected chi connectivity index (χ2v) is 1.93. The fourth-order valence-electron chi connectivity index (χ4n) is 0.594. The summed E-state index contributed by atoms with van der Waals surface area (Å²) in [5.74, 6) is 0.503. The van der Waals surface area contributed by atoms with Gasteiger partial charge in [0.15, 0.2) is 6.61 Å². The molecule has 1 heterocycles. The van der Waals surface area contributed by atoms with Crippen molar-refractivity contribution in [3.63, 3.8) is 0 Å². The maximum absolute atomic E-state index is 10.3. The van der Waals surface area contributed by atoms with E-state index in [1.807, 2.05) is 0 Å². The first-order valence-corrected chi connectivity index (χ1v) is 2.84. The average Bonchev–Trinajstić information content (AvgIpc) is 2.13. The van der Waals surface area contributed by atoms with Gasteiger partial charge in [-0.15, -0.1) is 0 Å². The van der Waals surface area contributed by atoms with Crippen molar-refractivity contribution in [1.82, 2.24) is 0 Å². The maximum atomic E-state index is 10.3. The van der Waals surface area contributed by atoms with Gasteiger partial charge in [0.2, 0.25) is 0 Å². The van der Waals surface area contributed by atoms with E-state index in [1.54, 1.807) is 6.92 Å². The summed E-state index contributed by atoms with van der Waals surface area (Å²) < 4.78 is 13.9. The molecular formula is C6H8O4. The molecule has 0 spiro atoms. The molecule has 0 N–H and O–H groups in total. The number of hydrogen-bond acceptors (Lipinski definition) is 4. The van der Waals surface area contributed by atoms with Crippen LogP contribution in [-0.2, 0) is 14.2 Å². The Morgan fingerprint density at radius 2 is 2.60 bits per heavy atom. The lowest BCUT2D eigenvalue weighted by Crippen LogP contribution is -2.12. The van der Waals surface area contributed by atoms with E-state index in [0.29, 0.717) is 5.76 Å². The zero-order valence-electron chi connectivity index (χ0n) is 5.62. The molecule has 0 aliphatic carbocycles. The van der Waals surface area contributed by atoms with Crippen LogP contribution in [-0.4, -0.2) is 19.1 Å². The summed E-state index contributed by atoms with van der Waals surface area (Å²) in [6.45, 7) is 5.29. The van der Waals surface area contributed by atoms with Crippen molar-refractivity contribution in [2.45, 2.75) is 13.2 Å². The monoisotopic (exact) mass is 144 g/mol. The third-order valence-electron chi connectivity index (χ3n) is 0.898.